The van der Waals surface area contributed by atoms with E-state index in [1.54, 1.807) is 13.8 Å². The zero-order chi connectivity index (χ0) is 27.3. The number of amides is 6. The molecule has 0 radical (unpaired) electrons. The number of nitrogens with one attached hydrogen (secondary N) is 3. The Morgan fingerprint density at radius 3 is 1.60 bits per heavy atom. The molecule has 6 amide bonds. The fourth-order valence-corrected chi connectivity index (χ4v) is 2.91. The molecule has 0 saturated carbocycles. The molecule has 15 heteroatoms. The summed E-state index contributed by atoms with van der Waals surface area (Å²) in [6, 6.07) is -5.46. The van der Waals surface area contributed by atoms with Crippen molar-refractivity contribution in [1.29, 1.82) is 0 Å². The molecule has 0 aliphatic carbocycles. The lowest BCUT2D eigenvalue weighted by Gasteiger charge is -2.25. The van der Waals surface area contributed by atoms with Crippen LogP contribution in [-0.2, 0) is 33.6 Å². The molecule has 0 aliphatic rings. The fourth-order valence-electron chi connectivity index (χ4n) is 2.91. The molecule has 0 saturated heterocycles. The maximum Gasteiger partial charge on any atom is 0.326 e. The van der Waals surface area contributed by atoms with Crippen molar-refractivity contribution in [2.75, 3.05) is 0 Å². The number of carbonyl (C=O) groups is 7. The Hall–Kier alpha value is -3.75. The Morgan fingerprint density at radius 2 is 1.14 bits per heavy atom. The quantitative estimate of drug-likeness (QED) is 0.0971. The van der Waals surface area contributed by atoms with E-state index in [0.29, 0.717) is 0 Å². The van der Waals surface area contributed by atoms with Crippen LogP contribution in [0, 0.1) is 5.92 Å². The molecule has 15 nitrogen and oxygen atoms in total. The van der Waals surface area contributed by atoms with Crippen molar-refractivity contribution in [3.8, 4) is 0 Å². The van der Waals surface area contributed by atoms with Crippen LogP contribution < -0.4 is 38.9 Å². The third-order valence-corrected chi connectivity index (χ3v) is 4.71. The molecular formula is C20H35N7O8. The number of rotatable bonds is 17. The maximum absolute atomic E-state index is 12.8. The second-order valence-electron chi connectivity index (χ2n) is 8.44. The number of carboxylic acids is 1. The van der Waals surface area contributed by atoms with Gasteiger partial charge in [0.05, 0.1) is 12.5 Å². The molecule has 0 aliphatic heterocycles. The minimum Gasteiger partial charge on any atom is -0.480 e. The van der Waals surface area contributed by atoms with Gasteiger partial charge < -0.3 is 44.0 Å². The summed E-state index contributed by atoms with van der Waals surface area (Å²) in [7, 11) is 0. The van der Waals surface area contributed by atoms with Gasteiger partial charge in [0, 0.05) is 12.8 Å². The van der Waals surface area contributed by atoms with Gasteiger partial charge >= 0.3 is 5.97 Å². The predicted molar refractivity (Wildman–Crippen MR) is 122 cm³/mol. The van der Waals surface area contributed by atoms with Crippen molar-refractivity contribution in [3.05, 3.63) is 0 Å². The maximum atomic E-state index is 12.8. The van der Waals surface area contributed by atoms with E-state index < -0.39 is 72.0 Å². The van der Waals surface area contributed by atoms with E-state index in [1.807, 2.05) is 0 Å². The number of nitrogens with two attached hydrogens (primary N) is 4. The third kappa shape index (κ3) is 13.5. The van der Waals surface area contributed by atoms with Gasteiger partial charge in [-0.25, -0.2) is 4.79 Å². The Kier molecular flexibility index (Phi) is 13.6. The summed E-state index contributed by atoms with van der Waals surface area (Å²) in [5, 5.41) is 16.1. The van der Waals surface area contributed by atoms with Crippen LogP contribution in [0.5, 0.6) is 0 Å². The van der Waals surface area contributed by atoms with Crippen LogP contribution in [0.3, 0.4) is 0 Å². The Bertz CT molecular complexity index is 817. The van der Waals surface area contributed by atoms with E-state index in [2.05, 4.69) is 16.0 Å². The molecule has 4 atom stereocenters. The third-order valence-electron chi connectivity index (χ3n) is 4.71. The van der Waals surface area contributed by atoms with Gasteiger partial charge in [-0.05, 0) is 25.2 Å². The topological polar surface area (TPSA) is 280 Å². The van der Waals surface area contributed by atoms with Gasteiger partial charge in [-0.2, -0.15) is 0 Å². The summed E-state index contributed by atoms with van der Waals surface area (Å²) in [4.78, 5) is 82.8. The minimum atomic E-state index is -1.56. The number of carboxylic acid groups (broad SMARTS) is 1. The number of aliphatic carboxylic acids is 1. The summed E-state index contributed by atoms with van der Waals surface area (Å²) < 4.78 is 0. The first kappa shape index (κ1) is 31.2. The summed E-state index contributed by atoms with van der Waals surface area (Å²) in [6.45, 7) is 3.48. The summed E-state index contributed by atoms with van der Waals surface area (Å²) in [5.74, 6) is -6.63. The standard InChI is InChI=1S/C20H35N7O8/c1-9(2)7-13(20(34)35)27-19(33)12(8-16(24)30)26-18(32)11(4-6-15(23)29)25-17(31)10(21)3-5-14(22)28/h9-13H,3-8,21H2,1-2H3,(H2,22,28)(H2,23,29)(H2,24,30)(H,25,31)(H,26,32)(H,27,33)(H,34,35). The van der Waals surface area contributed by atoms with Gasteiger partial charge in [-0.3, -0.25) is 28.8 Å². The summed E-state index contributed by atoms with van der Waals surface area (Å²) >= 11 is 0. The molecule has 198 valence electrons. The molecule has 0 heterocycles. The van der Waals surface area contributed by atoms with Gasteiger partial charge in [-0.1, -0.05) is 13.8 Å². The van der Waals surface area contributed by atoms with Crippen molar-refractivity contribution in [1.82, 2.24) is 16.0 Å². The molecule has 0 fully saturated rings. The average Bonchev–Trinajstić information content (AvgIpc) is 2.72. The van der Waals surface area contributed by atoms with E-state index >= 15 is 0 Å². The molecule has 35 heavy (non-hydrogen) atoms. The lowest BCUT2D eigenvalue weighted by Crippen LogP contribution is -2.58. The second-order valence-corrected chi connectivity index (χ2v) is 8.44. The predicted octanol–water partition coefficient (Wildman–Crippen LogP) is -3.69. The van der Waals surface area contributed by atoms with Crippen LogP contribution in [0.2, 0.25) is 0 Å². The molecule has 0 aromatic rings. The molecular weight excluding hydrogens is 466 g/mol. The van der Waals surface area contributed by atoms with Gasteiger partial charge in [-0.15, -0.1) is 0 Å². The molecule has 0 aromatic heterocycles. The number of hydrogen-bond acceptors (Lipinski definition) is 8. The number of primary amides is 3. The lowest BCUT2D eigenvalue weighted by atomic mass is 10.0. The summed E-state index contributed by atoms with van der Waals surface area (Å²) in [5.41, 5.74) is 21.0. The number of carbonyl (C=O) groups excluding carboxylic acids is 6. The van der Waals surface area contributed by atoms with Crippen LogP contribution in [0.4, 0.5) is 0 Å². The highest BCUT2D eigenvalue weighted by atomic mass is 16.4. The van der Waals surface area contributed by atoms with Crippen LogP contribution in [-0.4, -0.2) is 70.7 Å². The highest BCUT2D eigenvalue weighted by Crippen LogP contribution is 2.07. The molecule has 0 rings (SSSR count). The monoisotopic (exact) mass is 501 g/mol. The number of hydrogen-bond donors (Lipinski definition) is 8. The Morgan fingerprint density at radius 1 is 0.686 bits per heavy atom. The largest absolute Gasteiger partial charge is 0.480 e. The SMILES string of the molecule is CC(C)CC(NC(=O)C(CC(N)=O)NC(=O)C(CCC(N)=O)NC(=O)C(N)CCC(N)=O)C(=O)O. The first-order chi connectivity index (χ1) is 16.1. The molecule has 0 spiro atoms. The van der Waals surface area contributed by atoms with Gasteiger partial charge in [0.1, 0.15) is 18.1 Å². The smallest absolute Gasteiger partial charge is 0.326 e. The first-order valence-corrected chi connectivity index (χ1v) is 10.9. The van der Waals surface area contributed by atoms with Crippen LogP contribution in [0.15, 0.2) is 0 Å². The molecule has 0 aromatic carbocycles. The van der Waals surface area contributed by atoms with Crippen molar-refractivity contribution < 1.29 is 38.7 Å². The molecule has 12 N–H and O–H groups in total. The normalized spacial score (nSPS) is 14.2. The Balaban J connectivity index is 5.57. The van der Waals surface area contributed by atoms with E-state index in [9.17, 15) is 38.7 Å². The lowest BCUT2D eigenvalue weighted by molar-refractivity contribution is -0.143. The summed E-state index contributed by atoms with van der Waals surface area (Å²) in [6.07, 6.45) is -1.47. The highest BCUT2D eigenvalue weighted by molar-refractivity contribution is 5.96. The van der Waals surface area contributed by atoms with E-state index in [1.165, 1.54) is 0 Å². The second kappa shape index (κ2) is 15.2. The average molecular weight is 502 g/mol. The van der Waals surface area contributed by atoms with Crippen LogP contribution >= 0.6 is 0 Å². The van der Waals surface area contributed by atoms with Crippen molar-refractivity contribution >= 4 is 41.4 Å². The van der Waals surface area contributed by atoms with Crippen molar-refractivity contribution in [2.24, 2.45) is 28.9 Å². The van der Waals surface area contributed by atoms with Gasteiger partial charge in [0.25, 0.3) is 0 Å². The Labute approximate surface area is 202 Å². The van der Waals surface area contributed by atoms with E-state index in [4.69, 9.17) is 22.9 Å². The highest BCUT2D eigenvalue weighted by Gasteiger charge is 2.31. The van der Waals surface area contributed by atoms with Crippen molar-refractivity contribution in [3.63, 3.8) is 0 Å². The fraction of sp³-hybridized carbons (Fsp3) is 0.650. The molecule has 4 unspecified atom stereocenters. The van der Waals surface area contributed by atoms with E-state index in [0.717, 1.165) is 0 Å². The zero-order valence-corrected chi connectivity index (χ0v) is 19.7. The zero-order valence-electron chi connectivity index (χ0n) is 19.7. The van der Waals surface area contributed by atoms with Gasteiger partial charge in [0.15, 0.2) is 0 Å². The van der Waals surface area contributed by atoms with Crippen LogP contribution in [0.1, 0.15) is 52.4 Å². The first-order valence-electron chi connectivity index (χ1n) is 10.9. The van der Waals surface area contributed by atoms with Gasteiger partial charge in [0.2, 0.25) is 35.4 Å². The minimum absolute atomic E-state index is 0.0821. The molecule has 0 bridgehead atoms. The van der Waals surface area contributed by atoms with Crippen molar-refractivity contribution in [2.45, 2.75) is 76.5 Å². The van der Waals surface area contributed by atoms with E-state index in [-0.39, 0.29) is 38.0 Å². The van der Waals surface area contributed by atoms with Crippen LogP contribution in [0.25, 0.3) is 0 Å².